The normalized spacial score (nSPS) is 16.9. The van der Waals surface area contributed by atoms with E-state index in [4.69, 9.17) is 81.7 Å². The van der Waals surface area contributed by atoms with Crippen LogP contribution in [-0.4, -0.2) is 243 Å². The maximum Gasteiger partial charge on any atom is 2.00 e. The molecule has 0 radical (unpaired) electrons. The third-order valence-corrected chi connectivity index (χ3v) is 5.34. The van der Waals surface area contributed by atoms with E-state index in [9.17, 15) is 28.8 Å². The molecule has 0 saturated carbocycles. The molecule has 0 aromatic heterocycles. The van der Waals surface area contributed by atoms with Crippen molar-refractivity contribution < 1.29 is 139 Å². The zero-order valence-corrected chi connectivity index (χ0v) is 31.8. The van der Waals surface area contributed by atoms with Crippen LogP contribution in [0.2, 0.25) is 0 Å². The molecule has 51 heavy (non-hydrogen) atoms. The minimum atomic E-state index is -2.36. The Morgan fingerprint density at radius 1 is 0.392 bits per heavy atom. The number of carbonyl (C=O) groups is 6. The Labute approximate surface area is 303 Å². The van der Waals surface area contributed by atoms with Crippen molar-refractivity contribution in [1.29, 1.82) is 0 Å². The Morgan fingerprint density at radius 2 is 0.549 bits per heavy atom. The van der Waals surface area contributed by atoms with Crippen LogP contribution < -0.4 is 0 Å². The van der Waals surface area contributed by atoms with Crippen LogP contribution >= 0.6 is 0 Å². The summed E-state index contributed by atoms with van der Waals surface area (Å²) in [6, 6.07) is 0. The maximum absolute atomic E-state index is 10.1. The summed E-state index contributed by atoms with van der Waals surface area (Å²) in [4.78, 5) is 60.6. The van der Waals surface area contributed by atoms with Crippen LogP contribution in [-0.2, 0) is 48.2 Å². The molecule has 16 N–H and O–H groups in total. The van der Waals surface area contributed by atoms with Gasteiger partial charge in [0.1, 0.15) is 49.7 Å². The van der Waals surface area contributed by atoms with E-state index in [1.54, 1.807) is 0 Å². The first-order valence-corrected chi connectivity index (χ1v) is 14.0. The number of hydrogen-bond acceptors (Lipinski definition) is 16. The number of hydrogen-bond donors (Lipinski definition) is 16. The van der Waals surface area contributed by atoms with Crippen molar-refractivity contribution in [3.8, 4) is 0 Å². The molecule has 0 bridgehead atoms. The molecule has 296 valence electrons. The summed E-state index contributed by atoms with van der Waals surface area (Å²) >= 11 is 0. The van der Waals surface area contributed by atoms with E-state index >= 15 is 0 Å². The van der Waals surface area contributed by atoms with E-state index in [1.807, 2.05) is 42.3 Å². The topological polar surface area (TPSA) is 426 Å². The van der Waals surface area contributed by atoms with Crippen LogP contribution in [0.25, 0.3) is 0 Å². The van der Waals surface area contributed by atoms with Gasteiger partial charge in [-0.25, -0.2) is 19.2 Å². The van der Waals surface area contributed by atoms with Crippen LogP contribution in [0.5, 0.6) is 0 Å². The van der Waals surface area contributed by atoms with E-state index in [2.05, 4.69) is 0 Å². The first kappa shape index (κ1) is 57.3. The fourth-order valence-corrected chi connectivity index (χ4v) is 3.13. The number of aliphatic hydroxyl groups is 10. The molecular weight excluding hydrogens is 758 g/mol. The van der Waals surface area contributed by atoms with Crippen molar-refractivity contribution in [3.05, 3.63) is 0 Å². The molecule has 0 fully saturated rings. The van der Waals surface area contributed by atoms with Gasteiger partial charge in [0.05, 0.1) is 55.1 Å². The monoisotopic (exact) mass is 808 g/mol. The summed E-state index contributed by atoms with van der Waals surface area (Å²) < 4.78 is 1.16. The Morgan fingerprint density at radius 3 is 0.647 bits per heavy atom. The van der Waals surface area contributed by atoms with Crippen LogP contribution in [0.4, 0.5) is 0 Å². The molecule has 0 aliphatic rings. The van der Waals surface area contributed by atoms with Crippen molar-refractivity contribution in [2.75, 3.05) is 55.4 Å². The summed E-state index contributed by atoms with van der Waals surface area (Å²) in [7, 11) is 11.4. The van der Waals surface area contributed by atoms with Gasteiger partial charge in [-0.15, -0.1) is 0 Å². The van der Waals surface area contributed by atoms with E-state index in [1.165, 1.54) is 0 Å². The maximum atomic E-state index is 10.1. The Hall–Kier alpha value is -3.04. The van der Waals surface area contributed by atoms with Crippen LogP contribution in [0.1, 0.15) is 12.8 Å². The second-order valence-electron chi connectivity index (χ2n) is 12.5. The van der Waals surface area contributed by atoms with E-state index in [-0.39, 0.29) is 32.3 Å². The molecule has 0 heterocycles. The van der Waals surface area contributed by atoms with Gasteiger partial charge in [-0.2, -0.15) is 0 Å². The zero-order chi connectivity index (χ0) is 41.1. The smallest absolute Gasteiger partial charge is 0.481 e. The predicted octanol–water partition coefficient (Wildman–Crippen LogP) is -7.75. The Kier molecular flexibility index (Phi) is 30.0. The minimum Gasteiger partial charge on any atom is -0.481 e. The molecule has 0 aliphatic carbocycles. The molecule has 0 rings (SSSR count). The molecule has 0 amide bonds. The van der Waals surface area contributed by atoms with Gasteiger partial charge in [-0.05, 0) is 0 Å². The fourth-order valence-electron chi connectivity index (χ4n) is 3.13. The van der Waals surface area contributed by atoms with Crippen molar-refractivity contribution in [2.45, 2.75) is 73.9 Å². The molecule has 0 saturated heterocycles. The average Bonchev–Trinajstić information content (AvgIpc) is 2.91. The molecule has 0 aromatic rings. The molecule has 0 aliphatic heterocycles. The minimum absolute atomic E-state index is 0. The van der Waals surface area contributed by atoms with E-state index < -0.39 is 96.9 Å². The third-order valence-electron chi connectivity index (χ3n) is 5.34. The number of quaternary nitrogens is 2. The summed E-state index contributed by atoms with van der Waals surface area (Å²) in [5, 5.41) is 138. The molecule has 24 nitrogen and oxygen atoms in total. The van der Waals surface area contributed by atoms with Crippen molar-refractivity contribution >= 4 is 35.8 Å². The fraction of sp³-hybridized carbons (Fsp3) is 0.769. The summed E-state index contributed by atoms with van der Waals surface area (Å²) in [5.41, 5.74) is 0. The number of carboxylic acid groups (broad SMARTS) is 6. The SMILES string of the molecule is C[N+](C)(C)C[C@H](O)CC(=O)O.C[N+](C)(C)C[C@H](O)CC(=O)O.O=C(O)[C@@H](O)[C@H](O)[C@H](O)[C@@H](O)C(=O)O.O=C(O)[C@@H](O)[C@H](O)[C@H](O)[C@@H](O)C(=O)O.[Zn+2]. The van der Waals surface area contributed by atoms with Crippen LogP contribution in [0.3, 0.4) is 0 Å². The van der Waals surface area contributed by atoms with Gasteiger partial charge in [0, 0.05) is 0 Å². The standard InChI is InChI=1S/2C7H15NO3.2C6H10O8.Zn/c2*1-8(2,3)5-6(9)4-7(10)11;2*7-1(3(9)5(11)12)2(8)4(10)6(13)14;/h2*6,9H,4-5H2,1-3H3;2*1-4,7-10H,(H,11,12)(H,13,14);/q;;;;+2/p+2/t2*6-;2*1-,2+,3+,4-;/m11.../s1. The Bertz CT molecular complexity index is 937. The molecule has 0 unspecified atom stereocenters. The van der Waals surface area contributed by atoms with Crippen molar-refractivity contribution in [3.63, 3.8) is 0 Å². The summed E-state index contributed by atoms with van der Waals surface area (Å²) in [6.45, 7) is 0.929. The van der Waals surface area contributed by atoms with Gasteiger partial charge in [-0.1, -0.05) is 0 Å². The first-order valence-electron chi connectivity index (χ1n) is 14.0. The third kappa shape index (κ3) is 31.4. The second kappa shape index (κ2) is 26.7. The van der Waals surface area contributed by atoms with E-state index in [0.29, 0.717) is 22.1 Å². The number of aliphatic carboxylic acids is 6. The zero-order valence-electron chi connectivity index (χ0n) is 28.8. The van der Waals surface area contributed by atoms with E-state index in [0.717, 1.165) is 0 Å². The molecule has 10 atom stereocenters. The number of nitrogens with zero attached hydrogens (tertiary/aromatic N) is 2. The molecule has 0 aromatic carbocycles. The van der Waals surface area contributed by atoms with Gasteiger partial charge in [0.25, 0.3) is 0 Å². The van der Waals surface area contributed by atoms with Gasteiger partial charge in [0.2, 0.25) is 0 Å². The number of likely N-dealkylation sites (N-methyl/N-ethyl adjacent to an activating group) is 2. The Balaban J connectivity index is -0.000000184. The largest absolute Gasteiger partial charge is 2.00 e. The average molecular weight is 810 g/mol. The number of carboxylic acids is 6. The van der Waals surface area contributed by atoms with Crippen LogP contribution in [0, 0.1) is 0 Å². The van der Waals surface area contributed by atoms with Gasteiger partial charge in [0.15, 0.2) is 24.4 Å². The number of aliphatic hydroxyl groups excluding tert-OH is 10. The van der Waals surface area contributed by atoms with Gasteiger partial charge in [-0.3, -0.25) is 9.59 Å². The van der Waals surface area contributed by atoms with Gasteiger partial charge >= 0.3 is 55.3 Å². The number of rotatable bonds is 18. The quantitative estimate of drug-likeness (QED) is 0.0451. The predicted molar refractivity (Wildman–Crippen MR) is 161 cm³/mol. The summed E-state index contributed by atoms with van der Waals surface area (Å²) in [6.07, 6.45) is -20.4. The molecule has 25 heteroatoms. The van der Waals surface area contributed by atoms with Gasteiger partial charge < -0.3 is 90.7 Å². The van der Waals surface area contributed by atoms with Crippen molar-refractivity contribution in [2.24, 2.45) is 0 Å². The molecule has 0 spiro atoms. The first-order chi connectivity index (χ1) is 22.2. The second-order valence-corrected chi connectivity index (χ2v) is 12.5. The van der Waals surface area contributed by atoms with Crippen LogP contribution in [0.15, 0.2) is 0 Å². The van der Waals surface area contributed by atoms with Crippen molar-refractivity contribution in [1.82, 2.24) is 0 Å². The summed E-state index contributed by atoms with van der Waals surface area (Å²) in [5.74, 6) is -9.26. The molecular formula is C26H52N2O22Zn+4.